The normalized spacial score (nSPS) is 11.4. The summed E-state index contributed by atoms with van der Waals surface area (Å²) in [6.45, 7) is 0.0755. The molecule has 2 rings (SSSR count). The minimum absolute atomic E-state index is 0.0755. The van der Waals surface area contributed by atoms with Crippen molar-refractivity contribution in [3.63, 3.8) is 0 Å². The Balaban J connectivity index is 2.10. The zero-order valence-electron chi connectivity index (χ0n) is 11.7. The summed E-state index contributed by atoms with van der Waals surface area (Å²) >= 11 is 0. The summed E-state index contributed by atoms with van der Waals surface area (Å²) < 4.78 is 39.8. The van der Waals surface area contributed by atoms with E-state index < -0.39 is 20.9 Å². The van der Waals surface area contributed by atoms with E-state index in [1.165, 1.54) is 12.3 Å². The van der Waals surface area contributed by atoms with Crippen molar-refractivity contribution in [2.24, 2.45) is 0 Å². The highest BCUT2D eigenvalue weighted by atomic mass is 32.2. The Morgan fingerprint density at radius 2 is 1.86 bits per heavy atom. The number of nitrogens with zero attached hydrogens (tertiary/aromatic N) is 2. The van der Waals surface area contributed by atoms with Crippen LogP contribution in [-0.2, 0) is 16.6 Å². The molecule has 0 saturated heterocycles. The number of benzene rings is 1. The molecule has 0 fully saturated rings. The number of rotatable bonds is 5. The highest BCUT2D eigenvalue weighted by Gasteiger charge is 2.19. The number of hydrogen-bond donors (Lipinski definition) is 1. The number of hydrogen-bond acceptors (Lipinski definition) is 4. The van der Waals surface area contributed by atoms with E-state index in [9.17, 15) is 12.8 Å². The van der Waals surface area contributed by atoms with Crippen molar-refractivity contribution >= 4 is 15.7 Å². The minimum Gasteiger partial charge on any atom is -0.378 e. The van der Waals surface area contributed by atoms with Gasteiger partial charge in [0.05, 0.1) is 0 Å². The van der Waals surface area contributed by atoms with Gasteiger partial charge in [0.15, 0.2) is 5.82 Å². The van der Waals surface area contributed by atoms with Gasteiger partial charge in [0, 0.05) is 32.5 Å². The molecule has 0 bridgehead atoms. The van der Waals surface area contributed by atoms with Gasteiger partial charge in [0.1, 0.15) is 0 Å². The largest absolute Gasteiger partial charge is 0.378 e. The molecule has 1 aromatic heterocycles. The first kappa shape index (κ1) is 15.4. The Bertz CT molecular complexity index is 715. The Labute approximate surface area is 123 Å². The van der Waals surface area contributed by atoms with Crippen molar-refractivity contribution in [1.29, 1.82) is 0 Å². The lowest BCUT2D eigenvalue weighted by atomic mass is 10.2. The van der Waals surface area contributed by atoms with Gasteiger partial charge in [-0.25, -0.2) is 22.5 Å². The van der Waals surface area contributed by atoms with Gasteiger partial charge >= 0.3 is 0 Å². The van der Waals surface area contributed by atoms with Crippen LogP contribution in [0.3, 0.4) is 0 Å². The predicted molar refractivity (Wildman–Crippen MR) is 79.0 cm³/mol. The van der Waals surface area contributed by atoms with E-state index >= 15 is 0 Å². The standard InChI is InChI=1S/C14H16FN3O2S/c1-18(2)12-7-5-11(6-8-12)10-17-21(19,20)14-13(15)4-3-9-16-14/h3-9,17H,10H2,1-2H3. The van der Waals surface area contributed by atoms with E-state index in [0.717, 1.165) is 17.3 Å². The Hall–Kier alpha value is -1.99. The molecule has 0 atom stereocenters. The number of sulfonamides is 1. The Morgan fingerprint density at radius 1 is 1.19 bits per heavy atom. The molecule has 0 unspecified atom stereocenters. The monoisotopic (exact) mass is 309 g/mol. The maximum atomic E-state index is 13.5. The van der Waals surface area contributed by atoms with Crippen LogP contribution < -0.4 is 9.62 Å². The highest BCUT2D eigenvalue weighted by Crippen LogP contribution is 2.14. The van der Waals surface area contributed by atoms with Crippen molar-refractivity contribution in [3.05, 3.63) is 54.0 Å². The molecule has 0 radical (unpaired) electrons. The van der Waals surface area contributed by atoms with E-state index in [2.05, 4.69) is 9.71 Å². The minimum atomic E-state index is -3.96. The Morgan fingerprint density at radius 3 is 2.43 bits per heavy atom. The average Bonchev–Trinajstić information content (AvgIpc) is 2.46. The van der Waals surface area contributed by atoms with E-state index in [1.54, 1.807) is 0 Å². The zero-order chi connectivity index (χ0) is 15.5. The summed E-state index contributed by atoms with van der Waals surface area (Å²) in [5, 5.41) is -0.588. The second-order valence-corrected chi connectivity index (χ2v) is 6.36. The van der Waals surface area contributed by atoms with Crippen LogP contribution in [0.2, 0.25) is 0 Å². The fourth-order valence-corrected chi connectivity index (χ4v) is 2.75. The van der Waals surface area contributed by atoms with Gasteiger partial charge in [-0.3, -0.25) is 0 Å². The van der Waals surface area contributed by atoms with Crippen molar-refractivity contribution in [1.82, 2.24) is 9.71 Å². The van der Waals surface area contributed by atoms with Gasteiger partial charge in [-0.15, -0.1) is 0 Å². The van der Waals surface area contributed by atoms with E-state index in [0.29, 0.717) is 0 Å². The van der Waals surface area contributed by atoms with Crippen molar-refractivity contribution in [2.45, 2.75) is 11.6 Å². The number of anilines is 1. The topological polar surface area (TPSA) is 62.3 Å². The van der Waals surface area contributed by atoms with Crippen molar-refractivity contribution < 1.29 is 12.8 Å². The first-order valence-electron chi connectivity index (χ1n) is 6.26. The summed E-state index contributed by atoms with van der Waals surface area (Å²) in [7, 11) is -0.126. The third-order valence-corrected chi connectivity index (χ3v) is 4.23. The zero-order valence-corrected chi connectivity index (χ0v) is 12.6. The van der Waals surface area contributed by atoms with Gasteiger partial charge in [-0.1, -0.05) is 12.1 Å². The molecule has 1 heterocycles. The fourth-order valence-electron chi connectivity index (χ4n) is 1.73. The van der Waals surface area contributed by atoms with E-state index in [-0.39, 0.29) is 6.54 Å². The first-order chi connectivity index (χ1) is 9.90. The Kier molecular flexibility index (Phi) is 4.54. The smallest absolute Gasteiger partial charge is 0.261 e. The third-order valence-electron chi connectivity index (χ3n) is 2.90. The van der Waals surface area contributed by atoms with Crippen LogP contribution in [0.25, 0.3) is 0 Å². The lowest BCUT2D eigenvalue weighted by Crippen LogP contribution is -2.25. The molecule has 7 heteroatoms. The summed E-state index contributed by atoms with van der Waals surface area (Å²) in [4.78, 5) is 5.51. The lowest BCUT2D eigenvalue weighted by molar-refractivity contribution is 0.544. The van der Waals surface area contributed by atoms with Crippen LogP contribution in [0.4, 0.5) is 10.1 Å². The van der Waals surface area contributed by atoms with Crippen molar-refractivity contribution in [2.75, 3.05) is 19.0 Å². The molecule has 21 heavy (non-hydrogen) atoms. The first-order valence-corrected chi connectivity index (χ1v) is 7.75. The van der Waals surface area contributed by atoms with Crippen LogP contribution >= 0.6 is 0 Å². The van der Waals surface area contributed by atoms with Crippen LogP contribution in [0.5, 0.6) is 0 Å². The average molecular weight is 309 g/mol. The van der Waals surface area contributed by atoms with E-state index in [4.69, 9.17) is 0 Å². The van der Waals surface area contributed by atoms with Gasteiger partial charge in [0.25, 0.3) is 10.0 Å². The van der Waals surface area contributed by atoms with Crippen LogP contribution in [0.15, 0.2) is 47.6 Å². The number of aromatic nitrogens is 1. The highest BCUT2D eigenvalue weighted by molar-refractivity contribution is 7.89. The quantitative estimate of drug-likeness (QED) is 0.914. The molecule has 0 spiro atoms. The van der Waals surface area contributed by atoms with Gasteiger partial charge in [-0.05, 0) is 29.8 Å². The molecular formula is C14H16FN3O2S. The van der Waals surface area contributed by atoms with Gasteiger partial charge < -0.3 is 4.90 Å². The lowest BCUT2D eigenvalue weighted by Gasteiger charge is -2.13. The summed E-state index contributed by atoms with van der Waals surface area (Å²) in [6.07, 6.45) is 1.24. The maximum Gasteiger partial charge on any atom is 0.261 e. The van der Waals surface area contributed by atoms with Crippen molar-refractivity contribution in [3.8, 4) is 0 Å². The SMILES string of the molecule is CN(C)c1ccc(CNS(=O)(=O)c2ncccc2F)cc1. The van der Waals surface area contributed by atoms with Gasteiger partial charge in [-0.2, -0.15) is 0 Å². The van der Waals surface area contributed by atoms with Crippen LogP contribution in [0.1, 0.15) is 5.56 Å². The molecule has 0 aliphatic carbocycles. The molecule has 5 nitrogen and oxygen atoms in total. The maximum absolute atomic E-state index is 13.5. The summed E-state index contributed by atoms with van der Waals surface area (Å²) in [5.74, 6) is -0.868. The second-order valence-electron chi connectivity index (χ2n) is 4.68. The second kappa shape index (κ2) is 6.19. The molecule has 112 valence electrons. The predicted octanol–water partition coefficient (Wildman–Crippen LogP) is 1.77. The number of nitrogens with one attached hydrogen (secondary N) is 1. The molecule has 1 N–H and O–H groups in total. The fraction of sp³-hybridized carbons (Fsp3) is 0.214. The molecule has 0 aliphatic rings. The molecule has 0 amide bonds. The molecule has 0 aliphatic heterocycles. The molecule has 2 aromatic rings. The van der Waals surface area contributed by atoms with Gasteiger partial charge in [0.2, 0.25) is 5.03 Å². The molecular weight excluding hydrogens is 293 g/mol. The van der Waals surface area contributed by atoms with E-state index in [1.807, 2.05) is 43.3 Å². The summed E-state index contributed by atoms with van der Waals surface area (Å²) in [5.41, 5.74) is 1.79. The van der Waals surface area contributed by atoms with Crippen LogP contribution in [0, 0.1) is 5.82 Å². The third kappa shape index (κ3) is 3.77. The molecule has 0 saturated carbocycles. The number of halogens is 1. The summed E-state index contributed by atoms with van der Waals surface area (Å²) in [6, 6.07) is 9.79. The molecule has 1 aromatic carbocycles. The van der Waals surface area contributed by atoms with Crippen LogP contribution in [-0.4, -0.2) is 27.5 Å². The number of pyridine rings is 1.